The summed E-state index contributed by atoms with van der Waals surface area (Å²) in [6.45, 7) is 2.26. The number of nitrogens with zero attached hydrogens (tertiary/aromatic N) is 2. The quantitative estimate of drug-likeness (QED) is 0.0799. The van der Waals surface area contributed by atoms with Crippen LogP contribution in [-0.4, -0.2) is 33.7 Å². The smallest absolute Gasteiger partial charge is 0.261 e. The number of carbonyl (C=O) groups is 2. The molecule has 48 heavy (non-hydrogen) atoms. The van der Waals surface area contributed by atoms with Crippen molar-refractivity contribution >= 4 is 23.6 Å². The van der Waals surface area contributed by atoms with Gasteiger partial charge in [0.25, 0.3) is 16.8 Å². The number of rotatable bonds is 9. The number of pyridine rings is 1. The second kappa shape index (κ2) is 13.7. The largest absolute Gasteiger partial charge is 0.618 e. The van der Waals surface area contributed by atoms with Crippen LogP contribution >= 0.6 is 11.8 Å². The lowest BCUT2D eigenvalue weighted by molar-refractivity contribution is -0.645. The fourth-order valence-corrected chi connectivity index (χ4v) is 7.33. The lowest BCUT2D eigenvalue weighted by Gasteiger charge is -2.41. The van der Waals surface area contributed by atoms with Crippen LogP contribution in [0.25, 0.3) is 11.1 Å². The van der Waals surface area contributed by atoms with Crippen molar-refractivity contribution in [2.75, 3.05) is 5.75 Å². The molecular formula is C39H34N2O6S. The molecule has 0 unspecified atom stereocenters. The second-order valence-corrected chi connectivity index (χ2v) is 13.1. The molecule has 1 N–H and O–H groups in total. The van der Waals surface area contributed by atoms with E-state index in [4.69, 9.17) is 9.47 Å². The summed E-state index contributed by atoms with van der Waals surface area (Å²) < 4.78 is 14.0. The summed E-state index contributed by atoms with van der Waals surface area (Å²) in [5, 5.41) is 22.5. The number of amides is 2. The van der Waals surface area contributed by atoms with Crippen LogP contribution in [-0.2, 0) is 22.6 Å². The van der Waals surface area contributed by atoms with E-state index in [0.717, 1.165) is 38.1 Å². The Morgan fingerprint density at radius 1 is 0.771 bits per heavy atom. The number of aliphatic hydroxyl groups is 1. The Balaban J connectivity index is 1.10. The molecule has 0 aliphatic carbocycles. The topological polar surface area (TPSA) is 103 Å². The standard InChI is InChI=1S/C39H34N2O6S/c1-25-34(24-48-35-11-4-5-20-41(35)45)46-39(47-36(25)29-14-12-26(23-42)13-15-29)30-18-16-28(17-19-30)31-8-6-7-27(21-31)22-40-37(43)32-9-2-3-10-33(32)38(40)44/h2-21,25,34,36,39,42H,22-24H2,1H3/t25-,34+,36+,39+/m0/s1. The zero-order chi connectivity index (χ0) is 33.2. The molecule has 1 fully saturated rings. The van der Waals surface area contributed by atoms with E-state index in [1.165, 1.54) is 22.9 Å². The first-order valence-electron chi connectivity index (χ1n) is 15.9. The third-order valence-electron chi connectivity index (χ3n) is 8.97. The van der Waals surface area contributed by atoms with Crippen LogP contribution in [0.1, 0.15) is 62.3 Å². The fourth-order valence-electron chi connectivity index (χ4n) is 6.25. The monoisotopic (exact) mass is 658 g/mol. The maximum Gasteiger partial charge on any atom is 0.261 e. The molecular weight excluding hydrogens is 625 g/mol. The van der Waals surface area contributed by atoms with Gasteiger partial charge in [0, 0.05) is 29.4 Å². The molecule has 4 aromatic carbocycles. The first-order valence-corrected chi connectivity index (χ1v) is 16.8. The van der Waals surface area contributed by atoms with Gasteiger partial charge in [-0.1, -0.05) is 97.5 Å². The summed E-state index contributed by atoms with van der Waals surface area (Å²) in [6, 6.07) is 35.9. The Hall–Kier alpha value is -4.80. The highest BCUT2D eigenvalue weighted by Crippen LogP contribution is 2.43. The van der Waals surface area contributed by atoms with E-state index in [1.54, 1.807) is 36.4 Å². The molecule has 3 heterocycles. The molecule has 242 valence electrons. The number of benzene rings is 4. The van der Waals surface area contributed by atoms with Gasteiger partial charge in [0.15, 0.2) is 12.5 Å². The summed E-state index contributed by atoms with van der Waals surface area (Å²) in [5.41, 5.74) is 6.35. The third-order valence-corrected chi connectivity index (χ3v) is 10.1. The van der Waals surface area contributed by atoms with Gasteiger partial charge in [-0.05, 0) is 52.1 Å². The number of carbonyl (C=O) groups excluding carboxylic acids is 2. The van der Waals surface area contributed by atoms with Gasteiger partial charge in [-0.3, -0.25) is 14.5 Å². The van der Waals surface area contributed by atoms with Crippen LogP contribution in [0.4, 0.5) is 0 Å². The van der Waals surface area contributed by atoms with E-state index >= 15 is 0 Å². The lowest BCUT2D eigenvalue weighted by Crippen LogP contribution is -2.39. The summed E-state index contributed by atoms with van der Waals surface area (Å²) in [5.74, 6) is 0.00272. The maximum atomic E-state index is 12.9. The molecule has 4 atom stereocenters. The Morgan fingerprint density at radius 2 is 1.46 bits per heavy atom. The number of hydrogen-bond donors (Lipinski definition) is 1. The van der Waals surface area contributed by atoms with E-state index in [9.17, 15) is 19.9 Å². The SMILES string of the molecule is C[C@H]1[C@@H](CSc2cccc[n+]2[O-])O[C@@H](c2ccc(-c3cccc(CN4C(=O)c5ccccc5C4=O)c3)cc2)O[C@H]1c1ccc(CO)cc1. The van der Waals surface area contributed by atoms with Crippen LogP contribution in [0.2, 0.25) is 0 Å². The molecule has 7 rings (SSSR count). The molecule has 0 spiro atoms. The molecule has 0 saturated carbocycles. The van der Waals surface area contributed by atoms with Gasteiger partial charge in [0.05, 0.1) is 36.5 Å². The highest BCUT2D eigenvalue weighted by molar-refractivity contribution is 7.99. The summed E-state index contributed by atoms with van der Waals surface area (Å²) in [6.07, 6.45) is 0.372. The van der Waals surface area contributed by atoms with E-state index < -0.39 is 6.29 Å². The Bertz CT molecular complexity index is 1910. The summed E-state index contributed by atoms with van der Waals surface area (Å²) >= 11 is 1.46. The van der Waals surface area contributed by atoms with Gasteiger partial charge in [-0.2, -0.15) is 4.73 Å². The average Bonchev–Trinajstić information content (AvgIpc) is 3.36. The predicted molar refractivity (Wildman–Crippen MR) is 182 cm³/mol. The van der Waals surface area contributed by atoms with Gasteiger partial charge in [-0.25, -0.2) is 0 Å². The molecule has 9 heteroatoms. The van der Waals surface area contributed by atoms with E-state index in [-0.39, 0.29) is 43.1 Å². The van der Waals surface area contributed by atoms with Crippen molar-refractivity contribution in [1.82, 2.24) is 4.90 Å². The van der Waals surface area contributed by atoms with Crippen molar-refractivity contribution in [2.45, 2.75) is 43.6 Å². The van der Waals surface area contributed by atoms with Crippen LogP contribution in [0.3, 0.4) is 0 Å². The predicted octanol–water partition coefficient (Wildman–Crippen LogP) is 6.86. The Kier molecular flexibility index (Phi) is 9.10. The molecule has 0 radical (unpaired) electrons. The van der Waals surface area contributed by atoms with Crippen LogP contribution in [0.5, 0.6) is 0 Å². The number of thioether (sulfide) groups is 1. The number of fused-ring (bicyclic) bond motifs is 1. The molecule has 1 saturated heterocycles. The minimum atomic E-state index is -0.640. The molecule has 5 aromatic rings. The summed E-state index contributed by atoms with van der Waals surface area (Å²) in [4.78, 5) is 27.1. The van der Waals surface area contributed by atoms with Gasteiger partial charge >= 0.3 is 0 Å². The molecule has 2 aliphatic rings. The molecule has 0 bridgehead atoms. The van der Waals surface area contributed by atoms with Crippen molar-refractivity contribution < 1.29 is 28.9 Å². The zero-order valence-electron chi connectivity index (χ0n) is 26.3. The fraction of sp³-hybridized carbons (Fsp3) is 0.205. The van der Waals surface area contributed by atoms with E-state index in [1.807, 2.05) is 78.9 Å². The van der Waals surface area contributed by atoms with E-state index in [2.05, 4.69) is 6.92 Å². The van der Waals surface area contributed by atoms with Crippen LogP contribution in [0, 0.1) is 11.1 Å². The number of aliphatic hydroxyl groups excluding tert-OH is 1. The zero-order valence-corrected chi connectivity index (χ0v) is 27.1. The van der Waals surface area contributed by atoms with Crippen molar-refractivity contribution in [3.8, 4) is 11.1 Å². The minimum Gasteiger partial charge on any atom is -0.618 e. The van der Waals surface area contributed by atoms with Gasteiger partial charge in [0.1, 0.15) is 0 Å². The molecule has 1 aromatic heterocycles. The average molecular weight is 659 g/mol. The molecule has 2 amide bonds. The molecule has 8 nitrogen and oxygen atoms in total. The number of hydrogen-bond acceptors (Lipinski definition) is 7. The van der Waals surface area contributed by atoms with E-state index in [0.29, 0.717) is 21.9 Å². The van der Waals surface area contributed by atoms with Crippen LogP contribution < -0.4 is 4.73 Å². The lowest BCUT2D eigenvalue weighted by atomic mass is 9.91. The molecule has 2 aliphatic heterocycles. The second-order valence-electron chi connectivity index (χ2n) is 12.1. The first kappa shape index (κ1) is 31.8. The van der Waals surface area contributed by atoms with Crippen molar-refractivity contribution in [3.63, 3.8) is 0 Å². The van der Waals surface area contributed by atoms with Crippen molar-refractivity contribution in [2.24, 2.45) is 5.92 Å². The first-order chi connectivity index (χ1) is 23.4. The minimum absolute atomic E-state index is 0.0123. The maximum absolute atomic E-state index is 12.9. The number of imide groups is 1. The normalized spacial score (nSPS) is 20.6. The third kappa shape index (κ3) is 6.37. The van der Waals surface area contributed by atoms with Gasteiger partial charge in [-0.15, -0.1) is 0 Å². The number of ether oxygens (including phenoxy) is 2. The van der Waals surface area contributed by atoms with Crippen molar-refractivity contribution in [3.05, 3.63) is 160 Å². The van der Waals surface area contributed by atoms with Crippen LogP contribution in [0.15, 0.2) is 126 Å². The number of aromatic nitrogens is 1. The summed E-state index contributed by atoms with van der Waals surface area (Å²) in [7, 11) is 0. The van der Waals surface area contributed by atoms with Gasteiger partial charge < -0.3 is 19.8 Å². The van der Waals surface area contributed by atoms with Gasteiger partial charge in [0.2, 0.25) is 0 Å². The Labute approximate surface area is 283 Å². The Morgan fingerprint density at radius 3 is 2.15 bits per heavy atom. The van der Waals surface area contributed by atoms with Crippen molar-refractivity contribution in [1.29, 1.82) is 0 Å². The highest BCUT2D eigenvalue weighted by Gasteiger charge is 2.39. The highest BCUT2D eigenvalue weighted by atomic mass is 32.2.